The van der Waals surface area contributed by atoms with Crippen LogP contribution in [0.4, 0.5) is 4.39 Å². The van der Waals surface area contributed by atoms with Crippen molar-refractivity contribution in [3.05, 3.63) is 35.6 Å². The van der Waals surface area contributed by atoms with E-state index in [9.17, 15) is 4.39 Å². The molecule has 98 valence electrons. The number of rotatable bonds is 8. The molecule has 0 amide bonds. The zero-order valence-electron chi connectivity index (χ0n) is 11.1. The van der Waals surface area contributed by atoms with E-state index in [1.807, 2.05) is 12.1 Å². The van der Waals surface area contributed by atoms with Crippen LogP contribution < -0.4 is 5.32 Å². The van der Waals surface area contributed by atoms with Crippen LogP contribution in [0.3, 0.4) is 0 Å². The van der Waals surface area contributed by atoms with Crippen LogP contribution >= 0.6 is 0 Å². The molecule has 0 bridgehead atoms. The molecular formula is C16H22FN. The smallest absolute Gasteiger partial charge is 0.123 e. The van der Waals surface area contributed by atoms with Gasteiger partial charge in [-0.2, -0.15) is 0 Å². The average molecular weight is 247 g/mol. The molecule has 2 heteroatoms. The van der Waals surface area contributed by atoms with Gasteiger partial charge >= 0.3 is 0 Å². The van der Waals surface area contributed by atoms with Gasteiger partial charge in [-0.3, -0.25) is 0 Å². The van der Waals surface area contributed by atoms with Gasteiger partial charge in [-0.25, -0.2) is 4.39 Å². The second kappa shape index (κ2) is 8.72. The predicted octanol–water partition coefficient (Wildman–Crippen LogP) is 4.06. The van der Waals surface area contributed by atoms with Crippen molar-refractivity contribution in [1.82, 2.24) is 5.32 Å². The summed E-state index contributed by atoms with van der Waals surface area (Å²) in [5.41, 5.74) is 1.16. The fourth-order valence-electron chi connectivity index (χ4n) is 1.96. The van der Waals surface area contributed by atoms with Gasteiger partial charge in [-0.05, 0) is 37.1 Å². The number of unbranched alkanes of at least 4 members (excludes halogenated alkanes) is 2. The normalized spacial score (nSPS) is 12.1. The van der Waals surface area contributed by atoms with Crippen molar-refractivity contribution in [2.24, 2.45) is 0 Å². The van der Waals surface area contributed by atoms with Crippen LogP contribution in [0.5, 0.6) is 0 Å². The summed E-state index contributed by atoms with van der Waals surface area (Å²) in [5.74, 6) is 2.46. The first-order valence-electron chi connectivity index (χ1n) is 6.70. The highest BCUT2D eigenvalue weighted by Crippen LogP contribution is 2.19. The maximum absolute atomic E-state index is 12.9. The fourth-order valence-corrected chi connectivity index (χ4v) is 1.96. The van der Waals surface area contributed by atoms with Crippen molar-refractivity contribution < 1.29 is 4.39 Å². The summed E-state index contributed by atoms with van der Waals surface area (Å²) >= 11 is 0. The van der Waals surface area contributed by atoms with Gasteiger partial charge in [0.2, 0.25) is 0 Å². The van der Waals surface area contributed by atoms with Crippen LogP contribution in [0.25, 0.3) is 0 Å². The maximum atomic E-state index is 12.9. The lowest BCUT2D eigenvalue weighted by Gasteiger charge is -2.19. The largest absolute Gasteiger partial charge is 0.310 e. The van der Waals surface area contributed by atoms with Gasteiger partial charge in [-0.1, -0.05) is 31.9 Å². The monoisotopic (exact) mass is 247 g/mol. The van der Waals surface area contributed by atoms with Crippen molar-refractivity contribution in [3.8, 4) is 12.3 Å². The van der Waals surface area contributed by atoms with Gasteiger partial charge in [0.25, 0.3) is 0 Å². The van der Waals surface area contributed by atoms with Crippen molar-refractivity contribution >= 4 is 0 Å². The Morgan fingerprint density at radius 2 is 2.00 bits per heavy atom. The third-order valence-corrected chi connectivity index (χ3v) is 3.01. The summed E-state index contributed by atoms with van der Waals surface area (Å²) in [6.07, 6.45) is 10.4. The minimum atomic E-state index is -0.180. The van der Waals surface area contributed by atoms with E-state index in [1.165, 1.54) is 25.0 Å². The molecule has 1 aromatic carbocycles. The third-order valence-electron chi connectivity index (χ3n) is 3.01. The van der Waals surface area contributed by atoms with E-state index >= 15 is 0 Å². The van der Waals surface area contributed by atoms with Gasteiger partial charge in [0.1, 0.15) is 5.82 Å². The number of terminal acetylenes is 1. The number of benzene rings is 1. The first-order chi connectivity index (χ1) is 8.77. The molecule has 0 aromatic heterocycles. The number of hydrogen-bond donors (Lipinski definition) is 1. The van der Waals surface area contributed by atoms with Gasteiger partial charge < -0.3 is 5.32 Å². The molecule has 0 aliphatic heterocycles. The standard InChI is InChI=1S/C16H22FN/c1-3-5-7-13-18-16(8-6-4-2)14-9-11-15(17)12-10-14/h1,9-12,16,18H,4-8,13H2,2H3. The Labute approximate surface area is 110 Å². The van der Waals surface area contributed by atoms with Crippen LogP contribution in [0.2, 0.25) is 0 Å². The molecule has 0 fully saturated rings. The Kier molecular flexibility index (Phi) is 7.13. The minimum absolute atomic E-state index is 0.180. The molecule has 0 saturated carbocycles. The molecule has 1 unspecified atom stereocenters. The Morgan fingerprint density at radius 1 is 1.28 bits per heavy atom. The molecule has 0 aliphatic carbocycles. The van der Waals surface area contributed by atoms with Crippen molar-refractivity contribution in [3.63, 3.8) is 0 Å². The summed E-state index contributed by atoms with van der Waals surface area (Å²) < 4.78 is 12.9. The number of hydrogen-bond acceptors (Lipinski definition) is 1. The molecule has 1 rings (SSSR count). The Morgan fingerprint density at radius 3 is 2.61 bits per heavy atom. The Balaban J connectivity index is 2.54. The number of halogens is 1. The zero-order valence-corrected chi connectivity index (χ0v) is 11.1. The molecule has 1 nitrogen and oxygen atoms in total. The summed E-state index contributed by atoms with van der Waals surface area (Å²) in [5, 5.41) is 3.51. The molecule has 0 saturated heterocycles. The molecule has 1 N–H and O–H groups in total. The highest BCUT2D eigenvalue weighted by atomic mass is 19.1. The minimum Gasteiger partial charge on any atom is -0.310 e. The van der Waals surface area contributed by atoms with Crippen LogP contribution in [0.15, 0.2) is 24.3 Å². The highest BCUT2D eigenvalue weighted by Gasteiger charge is 2.09. The topological polar surface area (TPSA) is 12.0 Å². The van der Waals surface area contributed by atoms with E-state index in [4.69, 9.17) is 6.42 Å². The van der Waals surface area contributed by atoms with E-state index in [0.717, 1.165) is 31.4 Å². The van der Waals surface area contributed by atoms with Crippen molar-refractivity contribution in [2.45, 2.75) is 45.1 Å². The Hall–Kier alpha value is -1.33. The van der Waals surface area contributed by atoms with E-state index in [2.05, 4.69) is 18.2 Å². The molecule has 18 heavy (non-hydrogen) atoms. The van der Waals surface area contributed by atoms with Crippen LogP contribution in [0, 0.1) is 18.2 Å². The summed E-state index contributed by atoms with van der Waals surface area (Å²) in [4.78, 5) is 0. The van der Waals surface area contributed by atoms with Gasteiger partial charge in [-0.15, -0.1) is 12.3 Å². The van der Waals surface area contributed by atoms with E-state index in [-0.39, 0.29) is 5.82 Å². The summed E-state index contributed by atoms with van der Waals surface area (Å²) in [7, 11) is 0. The van der Waals surface area contributed by atoms with E-state index in [0.29, 0.717) is 6.04 Å². The predicted molar refractivity (Wildman–Crippen MR) is 74.7 cm³/mol. The van der Waals surface area contributed by atoms with Crippen LogP contribution in [-0.2, 0) is 0 Å². The molecule has 0 aliphatic rings. The first-order valence-corrected chi connectivity index (χ1v) is 6.70. The van der Waals surface area contributed by atoms with Crippen molar-refractivity contribution in [2.75, 3.05) is 6.54 Å². The lowest BCUT2D eigenvalue weighted by atomic mass is 10.0. The third kappa shape index (κ3) is 5.33. The van der Waals surface area contributed by atoms with Crippen molar-refractivity contribution in [1.29, 1.82) is 0 Å². The van der Waals surface area contributed by atoms with Crippen LogP contribution in [0.1, 0.15) is 50.6 Å². The first kappa shape index (κ1) is 14.7. The zero-order chi connectivity index (χ0) is 13.2. The molecule has 0 radical (unpaired) electrons. The van der Waals surface area contributed by atoms with E-state index < -0.39 is 0 Å². The average Bonchev–Trinajstić information content (AvgIpc) is 2.39. The SMILES string of the molecule is C#CCCCNC(CCCC)c1ccc(F)cc1. The molecule has 1 aromatic rings. The summed E-state index contributed by atoms with van der Waals surface area (Å²) in [6, 6.07) is 7.09. The van der Waals surface area contributed by atoms with Crippen LogP contribution in [-0.4, -0.2) is 6.54 Å². The molecule has 1 atom stereocenters. The number of nitrogens with one attached hydrogen (secondary N) is 1. The fraction of sp³-hybridized carbons (Fsp3) is 0.500. The second-order valence-electron chi connectivity index (χ2n) is 4.51. The highest BCUT2D eigenvalue weighted by molar-refractivity contribution is 5.19. The quantitative estimate of drug-likeness (QED) is 0.539. The van der Waals surface area contributed by atoms with Gasteiger partial charge in [0.05, 0.1) is 0 Å². The maximum Gasteiger partial charge on any atom is 0.123 e. The van der Waals surface area contributed by atoms with Gasteiger partial charge in [0.15, 0.2) is 0 Å². The summed E-state index contributed by atoms with van der Waals surface area (Å²) in [6.45, 7) is 3.09. The van der Waals surface area contributed by atoms with E-state index in [1.54, 1.807) is 0 Å². The lowest BCUT2D eigenvalue weighted by molar-refractivity contribution is 0.477. The Bertz CT molecular complexity index is 364. The molecule has 0 heterocycles. The van der Waals surface area contributed by atoms with Gasteiger partial charge in [0, 0.05) is 12.5 Å². The lowest BCUT2D eigenvalue weighted by Crippen LogP contribution is -2.22. The second-order valence-corrected chi connectivity index (χ2v) is 4.51. The molecule has 0 spiro atoms. The molecular weight excluding hydrogens is 225 g/mol.